The van der Waals surface area contributed by atoms with E-state index in [9.17, 15) is 4.79 Å². The predicted molar refractivity (Wildman–Crippen MR) is 68.4 cm³/mol. The van der Waals surface area contributed by atoms with Crippen molar-refractivity contribution in [2.45, 2.75) is 32.1 Å². The third-order valence-corrected chi connectivity index (χ3v) is 3.29. The Kier molecular flexibility index (Phi) is 5.53. The highest BCUT2D eigenvalue weighted by atomic mass is 79.9. The summed E-state index contributed by atoms with van der Waals surface area (Å²) in [6, 6.07) is 8.29. The Balaban J connectivity index is 2.60. The Hall–Kier alpha value is -0.830. The van der Waals surface area contributed by atoms with E-state index in [0.29, 0.717) is 12.3 Å². The molecule has 1 aromatic carbocycles. The zero-order chi connectivity index (χ0) is 12.0. The van der Waals surface area contributed by atoms with Crippen molar-refractivity contribution in [2.24, 2.45) is 0 Å². The van der Waals surface area contributed by atoms with E-state index in [1.807, 2.05) is 12.1 Å². The van der Waals surface area contributed by atoms with Gasteiger partial charge in [0.15, 0.2) is 0 Å². The first kappa shape index (κ1) is 13.2. The number of rotatable bonds is 5. The van der Waals surface area contributed by atoms with Crippen LogP contribution in [0.1, 0.15) is 37.7 Å². The molecule has 0 aliphatic heterocycles. The van der Waals surface area contributed by atoms with Gasteiger partial charge in [0.1, 0.15) is 0 Å². The normalized spacial score (nSPS) is 12.2. The predicted octanol–water partition coefficient (Wildman–Crippen LogP) is 3.90. The number of methoxy groups -OCH3 is 1. The molecule has 0 aliphatic rings. The van der Waals surface area contributed by atoms with Gasteiger partial charge in [-0.05, 0) is 36.5 Å². The van der Waals surface area contributed by atoms with Crippen molar-refractivity contribution in [1.29, 1.82) is 0 Å². The fourth-order valence-electron chi connectivity index (χ4n) is 1.74. The molecular formula is C13H17BrO2. The third-order valence-electron chi connectivity index (χ3n) is 2.76. The molecule has 0 aliphatic carbocycles. The van der Waals surface area contributed by atoms with Gasteiger partial charge in [-0.3, -0.25) is 4.79 Å². The van der Waals surface area contributed by atoms with Crippen LogP contribution in [0.5, 0.6) is 0 Å². The average Bonchev–Trinajstić information content (AvgIpc) is 2.31. The molecule has 0 radical (unpaired) electrons. The van der Waals surface area contributed by atoms with Gasteiger partial charge in [-0.2, -0.15) is 0 Å². The summed E-state index contributed by atoms with van der Waals surface area (Å²) in [6.45, 7) is 2.14. The van der Waals surface area contributed by atoms with Gasteiger partial charge in [0.05, 0.1) is 7.11 Å². The number of esters is 1. The van der Waals surface area contributed by atoms with Crippen molar-refractivity contribution in [1.82, 2.24) is 0 Å². The molecule has 0 aromatic heterocycles. The van der Waals surface area contributed by atoms with E-state index in [4.69, 9.17) is 0 Å². The summed E-state index contributed by atoms with van der Waals surface area (Å²) in [6.07, 6.45) is 2.38. The van der Waals surface area contributed by atoms with Crippen LogP contribution in [0.15, 0.2) is 28.7 Å². The summed E-state index contributed by atoms with van der Waals surface area (Å²) in [5.74, 6) is 0.308. The maximum Gasteiger partial charge on any atom is 0.305 e. The molecule has 0 fully saturated rings. The van der Waals surface area contributed by atoms with Crippen LogP contribution < -0.4 is 0 Å². The van der Waals surface area contributed by atoms with Crippen molar-refractivity contribution >= 4 is 21.9 Å². The van der Waals surface area contributed by atoms with E-state index in [-0.39, 0.29) is 5.97 Å². The highest BCUT2D eigenvalue weighted by Gasteiger charge is 2.11. The lowest BCUT2D eigenvalue weighted by Crippen LogP contribution is -2.04. The van der Waals surface area contributed by atoms with Crippen molar-refractivity contribution in [3.63, 3.8) is 0 Å². The molecule has 1 atom stereocenters. The molecule has 0 bridgehead atoms. The van der Waals surface area contributed by atoms with Crippen LogP contribution in [0.2, 0.25) is 0 Å². The molecule has 0 N–H and O–H groups in total. The van der Waals surface area contributed by atoms with Gasteiger partial charge in [-0.1, -0.05) is 35.0 Å². The minimum Gasteiger partial charge on any atom is -0.469 e. The lowest BCUT2D eigenvalue weighted by atomic mass is 9.92. The van der Waals surface area contributed by atoms with Gasteiger partial charge in [0.25, 0.3) is 0 Å². The molecule has 0 saturated carbocycles. The fraction of sp³-hybridized carbons (Fsp3) is 0.462. The van der Waals surface area contributed by atoms with Gasteiger partial charge >= 0.3 is 5.97 Å². The Labute approximate surface area is 105 Å². The minimum atomic E-state index is -0.129. The van der Waals surface area contributed by atoms with Crippen molar-refractivity contribution in [3.8, 4) is 0 Å². The molecule has 1 unspecified atom stereocenters. The molecule has 0 amide bonds. The van der Waals surface area contributed by atoms with E-state index < -0.39 is 0 Å². The first-order chi connectivity index (χ1) is 7.67. The first-order valence-corrected chi connectivity index (χ1v) is 6.29. The van der Waals surface area contributed by atoms with E-state index in [1.54, 1.807) is 0 Å². The van der Waals surface area contributed by atoms with E-state index in [0.717, 1.165) is 17.3 Å². The number of carbonyl (C=O) groups excluding carboxylic acids is 1. The minimum absolute atomic E-state index is 0.129. The lowest BCUT2D eigenvalue weighted by molar-refractivity contribution is -0.140. The second-order valence-corrected chi connectivity index (χ2v) is 4.69. The summed E-state index contributed by atoms with van der Waals surface area (Å²) in [5.41, 5.74) is 1.29. The summed E-state index contributed by atoms with van der Waals surface area (Å²) in [4.78, 5) is 11.1. The zero-order valence-electron chi connectivity index (χ0n) is 9.70. The maximum absolute atomic E-state index is 11.1. The van der Waals surface area contributed by atoms with E-state index in [2.05, 4.69) is 39.7 Å². The number of halogens is 1. The molecule has 0 heterocycles. The largest absolute Gasteiger partial charge is 0.469 e. The Bertz CT molecular complexity index is 332. The Morgan fingerprint density at radius 1 is 1.38 bits per heavy atom. The number of hydrogen-bond donors (Lipinski definition) is 0. The number of ether oxygens (including phenoxy) is 1. The number of benzene rings is 1. The molecular weight excluding hydrogens is 268 g/mol. The van der Waals surface area contributed by atoms with E-state index >= 15 is 0 Å². The molecule has 1 aromatic rings. The van der Waals surface area contributed by atoms with Crippen LogP contribution in [0.25, 0.3) is 0 Å². The summed E-state index contributed by atoms with van der Waals surface area (Å²) in [5, 5.41) is 0. The molecule has 0 saturated heterocycles. The highest BCUT2D eigenvalue weighted by Crippen LogP contribution is 2.26. The van der Waals surface area contributed by atoms with Crippen molar-refractivity contribution in [2.75, 3.05) is 7.11 Å². The lowest BCUT2D eigenvalue weighted by Gasteiger charge is -2.14. The molecule has 2 nitrogen and oxygen atoms in total. The second kappa shape index (κ2) is 6.69. The first-order valence-electron chi connectivity index (χ1n) is 5.49. The van der Waals surface area contributed by atoms with Gasteiger partial charge in [-0.15, -0.1) is 0 Å². The third kappa shape index (κ3) is 3.97. The quantitative estimate of drug-likeness (QED) is 0.767. The SMILES string of the molecule is CCC(CCC(=O)OC)c1ccc(Br)cc1. The number of hydrogen-bond acceptors (Lipinski definition) is 2. The summed E-state index contributed by atoms with van der Waals surface area (Å²) in [7, 11) is 1.43. The summed E-state index contributed by atoms with van der Waals surface area (Å²) >= 11 is 3.42. The van der Waals surface area contributed by atoms with Crippen LogP contribution in [-0.4, -0.2) is 13.1 Å². The van der Waals surface area contributed by atoms with Crippen LogP contribution in [-0.2, 0) is 9.53 Å². The highest BCUT2D eigenvalue weighted by molar-refractivity contribution is 9.10. The maximum atomic E-state index is 11.1. The Morgan fingerprint density at radius 2 is 2.00 bits per heavy atom. The monoisotopic (exact) mass is 284 g/mol. The topological polar surface area (TPSA) is 26.3 Å². The Morgan fingerprint density at radius 3 is 2.50 bits per heavy atom. The standard InChI is InChI=1S/C13H17BrO2/c1-3-10(6-9-13(15)16-2)11-4-7-12(14)8-5-11/h4-5,7-8,10H,3,6,9H2,1-2H3. The molecule has 3 heteroatoms. The van der Waals surface area contributed by atoms with Crippen LogP contribution in [0.3, 0.4) is 0 Å². The molecule has 0 spiro atoms. The molecule has 88 valence electrons. The van der Waals surface area contributed by atoms with Crippen LogP contribution >= 0.6 is 15.9 Å². The van der Waals surface area contributed by atoms with Crippen molar-refractivity contribution in [3.05, 3.63) is 34.3 Å². The van der Waals surface area contributed by atoms with Crippen LogP contribution in [0.4, 0.5) is 0 Å². The van der Waals surface area contributed by atoms with Crippen molar-refractivity contribution < 1.29 is 9.53 Å². The van der Waals surface area contributed by atoms with E-state index in [1.165, 1.54) is 12.7 Å². The second-order valence-electron chi connectivity index (χ2n) is 3.77. The van der Waals surface area contributed by atoms with Gasteiger partial charge in [-0.25, -0.2) is 0 Å². The molecule has 16 heavy (non-hydrogen) atoms. The van der Waals surface area contributed by atoms with Crippen LogP contribution in [0, 0.1) is 0 Å². The zero-order valence-corrected chi connectivity index (χ0v) is 11.3. The smallest absolute Gasteiger partial charge is 0.305 e. The van der Waals surface area contributed by atoms with Gasteiger partial charge < -0.3 is 4.74 Å². The fourth-order valence-corrected chi connectivity index (χ4v) is 2.00. The number of carbonyl (C=O) groups is 1. The average molecular weight is 285 g/mol. The summed E-state index contributed by atoms with van der Waals surface area (Å²) < 4.78 is 5.74. The molecule has 1 rings (SSSR count). The van der Waals surface area contributed by atoms with Gasteiger partial charge in [0.2, 0.25) is 0 Å². The van der Waals surface area contributed by atoms with Gasteiger partial charge in [0, 0.05) is 10.9 Å².